The third-order valence-electron chi connectivity index (χ3n) is 3.68. The highest BCUT2D eigenvalue weighted by atomic mass is 79.9. The average Bonchev–Trinajstić information content (AvgIpc) is 2.57. The summed E-state index contributed by atoms with van der Waals surface area (Å²) in [5, 5.41) is 2.72. The highest BCUT2D eigenvalue weighted by Gasteiger charge is 2.20. The van der Waals surface area contributed by atoms with E-state index in [1.165, 1.54) is 7.11 Å². The van der Waals surface area contributed by atoms with E-state index < -0.39 is 12.1 Å². The van der Waals surface area contributed by atoms with Gasteiger partial charge in [-0.15, -0.1) is 0 Å². The minimum absolute atomic E-state index is 0.293. The van der Waals surface area contributed by atoms with Crippen LogP contribution in [0.1, 0.15) is 28.4 Å². The van der Waals surface area contributed by atoms with Gasteiger partial charge in [0, 0.05) is 4.47 Å². The van der Waals surface area contributed by atoms with Crippen molar-refractivity contribution < 1.29 is 19.1 Å². The molecule has 25 heavy (non-hydrogen) atoms. The second kappa shape index (κ2) is 8.16. The number of anilines is 1. The summed E-state index contributed by atoms with van der Waals surface area (Å²) in [7, 11) is 1.30. The molecule has 0 aromatic heterocycles. The number of benzene rings is 2. The molecule has 1 N–H and O–H groups in total. The molecule has 0 saturated carbocycles. The van der Waals surface area contributed by atoms with Crippen LogP contribution in [0, 0.1) is 13.8 Å². The molecule has 0 aliphatic heterocycles. The smallest absolute Gasteiger partial charge is 0.339 e. The molecule has 5 nitrogen and oxygen atoms in total. The minimum Gasteiger partial charge on any atom is -0.480 e. The maximum atomic E-state index is 12.5. The molecule has 2 aromatic rings. The highest BCUT2D eigenvalue weighted by molar-refractivity contribution is 9.10. The number of methoxy groups -OCH3 is 1. The molecule has 2 rings (SSSR count). The van der Waals surface area contributed by atoms with Crippen LogP contribution < -0.4 is 10.1 Å². The van der Waals surface area contributed by atoms with Crippen LogP contribution >= 0.6 is 15.9 Å². The van der Waals surface area contributed by atoms with E-state index in [2.05, 4.69) is 21.2 Å². The summed E-state index contributed by atoms with van der Waals surface area (Å²) in [5.41, 5.74) is 2.54. The van der Waals surface area contributed by atoms with Crippen LogP contribution in [-0.4, -0.2) is 25.1 Å². The molecule has 0 aliphatic rings. The summed E-state index contributed by atoms with van der Waals surface area (Å²) in [6, 6.07) is 10.5. The largest absolute Gasteiger partial charge is 0.480 e. The van der Waals surface area contributed by atoms with Crippen molar-refractivity contribution in [2.45, 2.75) is 26.9 Å². The van der Waals surface area contributed by atoms with Crippen LogP contribution in [0.2, 0.25) is 0 Å². The molecule has 1 amide bonds. The molecule has 2 aromatic carbocycles. The quantitative estimate of drug-likeness (QED) is 0.754. The van der Waals surface area contributed by atoms with Crippen LogP contribution in [0.15, 0.2) is 40.9 Å². The maximum Gasteiger partial charge on any atom is 0.339 e. The summed E-state index contributed by atoms with van der Waals surface area (Å²) in [6.07, 6.45) is -0.732. The van der Waals surface area contributed by atoms with Crippen LogP contribution in [0.4, 0.5) is 5.69 Å². The molecular weight excluding hydrogens is 386 g/mol. The number of halogens is 1. The Hall–Kier alpha value is -2.34. The SMILES string of the molecule is COC(=O)c1ccccc1NC(=O)C(C)Oc1c(C)cc(Br)cc1C. The average molecular weight is 406 g/mol. The molecule has 0 fully saturated rings. The van der Waals surface area contributed by atoms with Gasteiger partial charge in [-0.1, -0.05) is 28.1 Å². The van der Waals surface area contributed by atoms with E-state index in [9.17, 15) is 9.59 Å². The predicted molar refractivity (Wildman–Crippen MR) is 100 cm³/mol. The number of esters is 1. The number of rotatable bonds is 5. The number of nitrogens with one attached hydrogen (secondary N) is 1. The molecule has 0 bridgehead atoms. The Morgan fingerprint density at radius 3 is 2.32 bits per heavy atom. The molecule has 0 heterocycles. The van der Waals surface area contributed by atoms with Crippen LogP contribution in [0.5, 0.6) is 5.75 Å². The van der Waals surface area contributed by atoms with Crippen molar-refractivity contribution in [1.82, 2.24) is 0 Å². The van der Waals surface area contributed by atoms with Crippen LogP contribution in [0.25, 0.3) is 0 Å². The first kappa shape index (κ1) is 19.0. The second-order valence-electron chi connectivity index (χ2n) is 5.66. The zero-order valence-corrected chi connectivity index (χ0v) is 16.1. The molecule has 0 aliphatic carbocycles. The molecule has 0 spiro atoms. The van der Waals surface area contributed by atoms with Crippen molar-refractivity contribution in [2.24, 2.45) is 0 Å². The van der Waals surface area contributed by atoms with E-state index in [1.807, 2.05) is 26.0 Å². The zero-order chi connectivity index (χ0) is 18.6. The third-order valence-corrected chi connectivity index (χ3v) is 4.14. The second-order valence-corrected chi connectivity index (χ2v) is 6.57. The molecule has 132 valence electrons. The number of carbonyl (C=O) groups excluding carboxylic acids is 2. The number of hydrogen-bond acceptors (Lipinski definition) is 4. The molecule has 0 saturated heterocycles. The Balaban J connectivity index is 2.16. The third kappa shape index (κ3) is 4.60. The Bertz CT molecular complexity index is 781. The van der Waals surface area contributed by atoms with Gasteiger partial charge in [-0.2, -0.15) is 0 Å². The molecule has 1 unspecified atom stereocenters. The lowest BCUT2D eigenvalue weighted by Crippen LogP contribution is -2.31. The number of ether oxygens (including phenoxy) is 2. The Kier molecular flexibility index (Phi) is 6.20. The lowest BCUT2D eigenvalue weighted by Gasteiger charge is -2.19. The molecule has 0 radical (unpaired) electrons. The first-order valence-corrected chi connectivity index (χ1v) is 8.54. The predicted octanol–water partition coefficient (Wildman–Crippen LogP) is 4.26. The van der Waals surface area contributed by atoms with Crippen LogP contribution in [0.3, 0.4) is 0 Å². The van der Waals surface area contributed by atoms with Crippen molar-refractivity contribution in [1.29, 1.82) is 0 Å². The van der Waals surface area contributed by atoms with Crippen molar-refractivity contribution in [3.63, 3.8) is 0 Å². The molecular formula is C19H20BrNO4. The Morgan fingerprint density at radius 2 is 1.72 bits per heavy atom. The summed E-state index contributed by atoms with van der Waals surface area (Å²) in [4.78, 5) is 24.3. The lowest BCUT2D eigenvalue weighted by atomic mass is 10.1. The minimum atomic E-state index is -0.732. The number of aryl methyl sites for hydroxylation is 2. The van der Waals surface area contributed by atoms with Gasteiger partial charge in [-0.05, 0) is 56.2 Å². The summed E-state index contributed by atoms with van der Waals surface area (Å²) in [6.45, 7) is 5.51. The van der Waals surface area contributed by atoms with E-state index in [-0.39, 0.29) is 5.91 Å². The topological polar surface area (TPSA) is 64.6 Å². The van der Waals surface area contributed by atoms with Crippen molar-refractivity contribution in [3.05, 3.63) is 57.6 Å². The van der Waals surface area contributed by atoms with E-state index in [0.717, 1.165) is 15.6 Å². The monoisotopic (exact) mass is 405 g/mol. The molecule has 1 atom stereocenters. The van der Waals surface area contributed by atoms with Gasteiger partial charge >= 0.3 is 5.97 Å². The number of para-hydroxylation sites is 1. The summed E-state index contributed by atoms with van der Waals surface area (Å²) >= 11 is 3.44. The summed E-state index contributed by atoms with van der Waals surface area (Å²) in [5.74, 6) is -0.186. The summed E-state index contributed by atoms with van der Waals surface area (Å²) < 4.78 is 11.5. The van der Waals surface area contributed by atoms with Crippen molar-refractivity contribution in [3.8, 4) is 5.75 Å². The highest BCUT2D eigenvalue weighted by Crippen LogP contribution is 2.28. The fourth-order valence-electron chi connectivity index (χ4n) is 2.43. The lowest BCUT2D eigenvalue weighted by molar-refractivity contribution is -0.122. The normalized spacial score (nSPS) is 11.6. The van der Waals surface area contributed by atoms with Gasteiger partial charge in [0.25, 0.3) is 5.91 Å². The van der Waals surface area contributed by atoms with Gasteiger partial charge in [0.05, 0.1) is 18.4 Å². The Morgan fingerprint density at radius 1 is 1.12 bits per heavy atom. The zero-order valence-electron chi connectivity index (χ0n) is 14.6. The van der Waals surface area contributed by atoms with E-state index >= 15 is 0 Å². The first-order valence-electron chi connectivity index (χ1n) is 7.75. The first-order chi connectivity index (χ1) is 11.8. The van der Waals surface area contributed by atoms with E-state index in [1.54, 1.807) is 31.2 Å². The van der Waals surface area contributed by atoms with Crippen LogP contribution in [-0.2, 0) is 9.53 Å². The standard InChI is InChI=1S/C19H20BrNO4/c1-11-9-14(20)10-12(2)17(11)25-13(3)18(22)21-16-8-6-5-7-15(16)19(23)24-4/h5-10,13H,1-4H3,(H,21,22). The van der Waals surface area contributed by atoms with Gasteiger partial charge in [-0.25, -0.2) is 4.79 Å². The van der Waals surface area contributed by atoms with Crippen molar-refractivity contribution in [2.75, 3.05) is 12.4 Å². The number of amides is 1. The van der Waals surface area contributed by atoms with Gasteiger partial charge in [0.15, 0.2) is 6.10 Å². The Labute approximate surface area is 155 Å². The fourth-order valence-corrected chi connectivity index (χ4v) is 3.11. The number of carbonyl (C=O) groups is 2. The van der Waals surface area contributed by atoms with Gasteiger partial charge < -0.3 is 14.8 Å². The van der Waals surface area contributed by atoms with Crippen molar-refractivity contribution >= 4 is 33.5 Å². The maximum absolute atomic E-state index is 12.5. The number of hydrogen-bond donors (Lipinski definition) is 1. The van der Waals surface area contributed by atoms with Gasteiger partial charge in [0.1, 0.15) is 5.75 Å². The van der Waals surface area contributed by atoms with E-state index in [0.29, 0.717) is 17.0 Å². The van der Waals surface area contributed by atoms with E-state index in [4.69, 9.17) is 9.47 Å². The molecule has 6 heteroatoms. The fraction of sp³-hybridized carbons (Fsp3) is 0.263. The van der Waals surface area contributed by atoms with Gasteiger partial charge in [0.2, 0.25) is 0 Å². The van der Waals surface area contributed by atoms with Gasteiger partial charge in [-0.3, -0.25) is 4.79 Å².